The molecule has 10 heteroatoms. The summed E-state index contributed by atoms with van der Waals surface area (Å²) in [4.78, 5) is 28.1. The molecule has 0 saturated heterocycles. The van der Waals surface area contributed by atoms with Gasteiger partial charge in [0, 0.05) is 22.1 Å². The number of benzene rings is 2. The van der Waals surface area contributed by atoms with Crippen molar-refractivity contribution in [1.29, 1.82) is 0 Å². The van der Waals surface area contributed by atoms with E-state index in [0.29, 0.717) is 10.7 Å². The Kier molecular flexibility index (Phi) is 9.23. The molecule has 1 unspecified atom stereocenters. The van der Waals surface area contributed by atoms with E-state index in [-0.39, 0.29) is 18.5 Å². The molecule has 0 heterocycles. The van der Waals surface area contributed by atoms with Gasteiger partial charge in [-0.05, 0) is 68.1 Å². The van der Waals surface area contributed by atoms with Crippen LogP contribution in [0.1, 0.15) is 43.7 Å². The van der Waals surface area contributed by atoms with Crippen LogP contribution in [0.4, 0.5) is 5.69 Å². The molecule has 1 N–H and O–H groups in total. The Labute approximate surface area is 221 Å². The van der Waals surface area contributed by atoms with E-state index in [9.17, 15) is 18.0 Å². The third-order valence-corrected chi connectivity index (χ3v) is 8.48. The third-order valence-electron chi connectivity index (χ3n) is 6.22. The number of amides is 2. The molecule has 2 aromatic rings. The minimum absolute atomic E-state index is 0.103. The molecule has 190 valence electrons. The molecule has 1 aliphatic carbocycles. The highest BCUT2D eigenvalue weighted by Crippen LogP contribution is 2.25. The first-order valence-electron chi connectivity index (χ1n) is 11.5. The molecule has 0 aliphatic heterocycles. The lowest BCUT2D eigenvalue weighted by atomic mass is 10.1. The van der Waals surface area contributed by atoms with Crippen LogP contribution in [0.2, 0.25) is 5.02 Å². The molecule has 1 fully saturated rings. The fraction of sp³-hybridized carbons (Fsp3) is 0.440. The van der Waals surface area contributed by atoms with Gasteiger partial charge in [0.1, 0.15) is 12.6 Å². The molecule has 0 aromatic heterocycles. The minimum atomic E-state index is -3.77. The van der Waals surface area contributed by atoms with Gasteiger partial charge in [0.2, 0.25) is 21.8 Å². The van der Waals surface area contributed by atoms with Gasteiger partial charge in [-0.3, -0.25) is 13.9 Å². The van der Waals surface area contributed by atoms with Crippen LogP contribution >= 0.6 is 27.5 Å². The standard InChI is InChI=1S/C25H31BrClN3O4S/c1-17-13-22(11-12-23(17)26)30(35(3,33)34)16-24(31)29(15-19-7-6-8-20(27)14-19)18(2)25(32)28-21-9-4-5-10-21/h6-8,11-14,18,21H,4-5,9-10,15-16H2,1-3H3,(H,28,32). The van der Waals surface area contributed by atoms with Crippen molar-refractivity contribution >= 4 is 55.1 Å². The average molecular weight is 585 g/mol. The van der Waals surface area contributed by atoms with Crippen molar-refractivity contribution in [1.82, 2.24) is 10.2 Å². The summed E-state index contributed by atoms with van der Waals surface area (Å²) in [7, 11) is -3.77. The zero-order valence-corrected chi connectivity index (χ0v) is 23.3. The van der Waals surface area contributed by atoms with Gasteiger partial charge in [0.25, 0.3) is 0 Å². The van der Waals surface area contributed by atoms with E-state index in [4.69, 9.17) is 11.6 Å². The Balaban J connectivity index is 1.89. The molecule has 1 saturated carbocycles. The van der Waals surface area contributed by atoms with Crippen LogP contribution in [0, 0.1) is 6.92 Å². The molecule has 0 bridgehead atoms. The summed E-state index contributed by atoms with van der Waals surface area (Å²) < 4.78 is 27.2. The smallest absolute Gasteiger partial charge is 0.244 e. The zero-order valence-electron chi connectivity index (χ0n) is 20.1. The van der Waals surface area contributed by atoms with Crippen molar-refractivity contribution in [2.45, 2.75) is 58.2 Å². The van der Waals surface area contributed by atoms with Crippen molar-refractivity contribution in [3.05, 3.63) is 63.1 Å². The molecule has 2 amide bonds. The van der Waals surface area contributed by atoms with Gasteiger partial charge >= 0.3 is 0 Å². The van der Waals surface area contributed by atoms with E-state index in [1.54, 1.807) is 43.3 Å². The van der Waals surface area contributed by atoms with Crippen LogP contribution in [0.25, 0.3) is 0 Å². The molecular formula is C25H31BrClN3O4S. The first-order chi connectivity index (χ1) is 16.5. The highest BCUT2D eigenvalue weighted by molar-refractivity contribution is 9.10. The number of anilines is 1. The lowest BCUT2D eigenvalue weighted by Crippen LogP contribution is -2.52. The van der Waals surface area contributed by atoms with E-state index in [2.05, 4.69) is 21.2 Å². The summed E-state index contributed by atoms with van der Waals surface area (Å²) in [5.41, 5.74) is 1.97. The number of rotatable bonds is 9. The van der Waals surface area contributed by atoms with Crippen molar-refractivity contribution in [3.8, 4) is 0 Å². The molecular weight excluding hydrogens is 554 g/mol. The normalized spacial score (nSPS) is 15.0. The predicted octanol–water partition coefficient (Wildman–Crippen LogP) is 4.65. The zero-order chi connectivity index (χ0) is 25.8. The first kappa shape index (κ1) is 27.5. The van der Waals surface area contributed by atoms with E-state index < -0.39 is 28.5 Å². The number of hydrogen-bond acceptors (Lipinski definition) is 4. The highest BCUT2D eigenvalue weighted by Gasteiger charge is 2.31. The molecule has 0 spiro atoms. The van der Waals surface area contributed by atoms with Gasteiger partial charge in [0.15, 0.2) is 0 Å². The number of sulfonamides is 1. The van der Waals surface area contributed by atoms with Crippen LogP contribution in [-0.2, 0) is 26.2 Å². The Morgan fingerprint density at radius 2 is 1.86 bits per heavy atom. The number of hydrogen-bond donors (Lipinski definition) is 1. The number of halogens is 2. The van der Waals surface area contributed by atoms with Gasteiger partial charge in [-0.25, -0.2) is 8.42 Å². The van der Waals surface area contributed by atoms with E-state index in [1.165, 1.54) is 4.90 Å². The fourth-order valence-corrected chi connectivity index (χ4v) is 5.51. The maximum absolute atomic E-state index is 13.6. The summed E-state index contributed by atoms with van der Waals surface area (Å²) in [6.45, 7) is 3.20. The monoisotopic (exact) mass is 583 g/mol. The number of nitrogens with zero attached hydrogens (tertiary/aromatic N) is 2. The van der Waals surface area contributed by atoms with Crippen molar-refractivity contribution in [3.63, 3.8) is 0 Å². The second kappa shape index (κ2) is 11.8. The topological polar surface area (TPSA) is 86.8 Å². The van der Waals surface area contributed by atoms with Crippen LogP contribution in [0.3, 0.4) is 0 Å². The maximum Gasteiger partial charge on any atom is 0.244 e. The number of carbonyl (C=O) groups excluding carboxylic acids is 2. The Hall–Kier alpha value is -2.10. The first-order valence-corrected chi connectivity index (χ1v) is 14.6. The van der Waals surface area contributed by atoms with Crippen molar-refractivity contribution in [2.75, 3.05) is 17.1 Å². The molecule has 2 aromatic carbocycles. The number of aryl methyl sites for hydroxylation is 1. The number of nitrogens with one attached hydrogen (secondary N) is 1. The number of carbonyl (C=O) groups is 2. The van der Waals surface area contributed by atoms with Crippen LogP contribution in [-0.4, -0.2) is 50.0 Å². The van der Waals surface area contributed by atoms with Crippen LogP contribution < -0.4 is 9.62 Å². The summed E-state index contributed by atoms with van der Waals surface area (Å²) in [5.74, 6) is -0.734. The SMILES string of the molecule is Cc1cc(N(CC(=O)N(Cc2cccc(Cl)c2)C(C)C(=O)NC2CCCC2)S(C)(=O)=O)ccc1Br. The van der Waals surface area contributed by atoms with E-state index >= 15 is 0 Å². The largest absolute Gasteiger partial charge is 0.352 e. The summed E-state index contributed by atoms with van der Waals surface area (Å²) in [6.07, 6.45) is 5.05. The van der Waals surface area contributed by atoms with Gasteiger partial charge in [-0.2, -0.15) is 0 Å². The Morgan fingerprint density at radius 1 is 1.17 bits per heavy atom. The van der Waals surface area contributed by atoms with E-state index in [0.717, 1.165) is 51.8 Å². The highest BCUT2D eigenvalue weighted by atomic mass is 79.9. The van der Waals surface area contributed by atoms with Crippen LogP contribution in [0.5, 0.6) is 0 Å². The molecule has 1 atom stereocenters. The predicted molar refractivity (Wildman–Crippen MR) is 143 cm³/mol. The lowest BCUT2D eigenvalue weighted by molar-refractivity contribution is -0.139. The molecule has 3 rings (SSSR count). The van der Waals surface area contributed by atoms with Gasteiger partial charge in [-0.1, -0.05) is 52.5 Å². The summed E-state index contributed by atoms with van der Waals surface area (Å²) >= 11 is 9.56. The Bertz CT molecular complexity index is 1180. The summed E-state index contributed by atoms with van der Waals surface area (Å²) in [6, 6.07) is 11.5. The maximum atomic E-state index is 13.6. The summed E-state index contributed by atoms with van der Waals surface area (Å²) in [5, 5.41) is 3.56. The van der Waals surface area contributed by atoms with Gasteiger partial charge in [-0.15, -0.1) is 0 Å². The quantitative estimate of drug-likeness (QED) is 0.465. The minimum Gasteiger partial charge on any atom is -0.352 e. The van der Waals surface area contributed by atoms with Crippen LogP contribution in [0.15, 0.2) is 46.9 Å². The van der Waals surface area contributed by atoms with E-state index in [1.807, 2.05) is 13.0 Å². The van der Waals surface area contributed by atoms with Gasteiger partial charge < -0.3 is 10.2 Å². The molecule has 35 heavy (non-hydrogen) atoms. The fourth-order valence-electron chi connectivity index (χ4n) is 4.20. The molecule has 7 nitrogen and oxygen atoms in total. The average Bonchev–Trinajstić information content (AvgIpc) is 3.29. The van der Waals surface area contributed by atoms with Gasteiger partial charge in [0.05, 0.1) is 11.9 Å². The second-order valence-corrected chi connectivity index (χ2v) is 12.2. The van der Waals surface area contributed by atoms with Crippen molar-refractivity contribution < 1.29 is 18.0 Å². The lowest BCUT2D eigenvalue weighted by Gasteiger charge is -2.32. The Morgan fingerprint density at radius 3 is 2.46 bits per heavy atom. The molecule has 1 aliphatic rings. The second-order valence-electron chi connectivity index (χ2n) is 9.02. The molecule has 0 radical (unpaired) electrons. The third kappa shape index (κ3) is 7.44. The van der Waals surface area contributed by atoms with Crippen molar-refractivity contribution in [2.24, 2.45) is 0 Å².